The van der Waals surface area contributed by atoms with Crippen LogP contribution in [0.3, 0.4) is 0 Å². The molecule has 2 atom stereocenters. The van der Waals surface area contributed by atoms with E-state index in [0.717, 1.165) is 24.3 Å². The third-order valence-corrected chi connectivity index (χ3v) is 4.27. The zero-order valence-electron chi connectivity index (χ0n) is 13.1. The van der Waals surface area contributed by atoms with E-state index in [2.05, 4.69) is 26.1 Å². The Kier molecular flexibility index (Phi) is 4.28. The van der Waals surface area contributed by atoms with Crippen molar-refractivity contribution in [2.24, 2.45) is 11.3 Å². The largest absolute Gasteiger partial charge is 0.495 e. The normalized spacial score (nSPS) is 28.9. The van der Waals surface area contributed by atoms with Gasteiger partial charge in [-0.1, -0.05) is 32.9 Å². The molecule has 20 heavy (non-hydrogen) atoms. The number of aliphatic hydroxyl groups excluding tert-OH is 1. The highest BCUT2D eigenvalue weighted by molar-refractivity contribution is 5.57. The van der Waals surface area contributed by atoms with Gasteiger partial charge in [0, 0.05) is 0 Å². The van der Waals surface area contributed by atoms with Gasteiger partial charge >= 0.3 is 0 Å². The molecule has 1 aromatic rings. The van der Waals surface area contributed by atoms with Crippen LogP contribution in [-0.2, 0) is 0 Å². The molecule has 2 N–H and O–H groups in total. The predicted octanol–water partition coefficient (Wildman–Crippen LogP) is 3.68. The Morgan fingerprint density at radius 3 is 2.60 bits per heavy atom. The number of anilines is 1. The molecular weight excluding hydrogens is 250 g/mol. The van der Waals surface area contributed by atoms with Gasteiger partial charge < -0.3 is 15.2 Å². The van der Waals surface area contributed by atoms with E-state index in [0.29, 0.717) is 5.92 Å². The molecule has 3 nitrogen and oxygen atoms in total. The summed E-state index contributed by atoms with van der Waals surface area (Å²) in [5.74, 6) is 1.43. The molecule has 3 heteroatoms. The van der Waals surface area contributed by atoms with Gasteiger partial charge in [-0.3, -0.25) is 0 Å². The van der Waals surface area contributed by atoms with Crippen LogP contribution in [0.2, 0.25) is 0 Å². The zero-order valence-corrected chi connectivity index (χ0v) is 13.1. The van der Waals surface area contributed by atoms with Crippen molar-refractivity contribution in [2.45, 2.75) is 45.6 Å². The van der Waals surface area contributed by atoms with Gasteiger partial charge in [0.15, 0.2) is 0 Å². The summed E-state index contributed by atoms with van der Waals surface area (Å²) in [6.45, 7) is 7.00. The first-order valence-electron chi connectivity index (χ1n) is 7.42. The summed E-state index contributed by atoms with van der Waals surface area (Å²) in [7, 11) is 1.68. The Morgan fingerprint density at radius 2 is 2.00 bits per heavy atom. The molecule has 0 aliphatic heterocycles. The molecule has 1 aliphatic rings. The first kappa shape index (κ1) is 15.2. The lowest BCUT2D eigenvalue weighted by molar-refractivity contribution is 0.0748. The van der Waals surface area contributed by atoms with Gasteiger partial charge in [0.25, 0.3) is 0 Å². The van der Waals surface area contributed by atoms with Crippen LogP contribution in [0.4, 0.5) is 5.69 Å². The summed E-state index contributed by atoms with van der Waals surface area (Å²) in [5.41, 5.74) is 0.958. The Hall–Kier alpha value is -1.22. The van der Waals surface area contributed by atoms with Crippen molar-refractivity contribution in [3.05, 3.63) is 24.3 Å². The van der Waals surface area contributed by atoms with Crippen LogP contribution >= 0.6 is 0 Å². The second kappa shape index (κ2) is 5.65. The Balaban J connectivity index is 2.27. The number of hydrogen-bond acceptors (Lipinski definition) is 3. The Morgan fingerprint density at radius 1 is 1.30 bits per heavy atom. The summed E-state index contributed by atoms with van der Waals surface area (Å²) < 4.78 is 5.41. The summed E-state index contributed by atoms with van der Waals surface area (Å²) in [6.07, 6.45) is 3.17. The van der Waals surface area contributed by atoms with Gasteiger partial charge in [0.05, 0.1) is 24.9 Å². The quantitative estimate of drug-likeness (QED) is 0.882. The number of ether oxygens (including phenoxy) is 1. The third kappa shape index (κ3) is 3.26. The maximum Gasteiger partial charge on any atom is 0.141 e. The highest BCUT2D eigenvalue weighted by atomic mass is 16.5. The molecule has 2 unspecified atom stereocenters. The average Bonchev–Trinajstić information content (AvgIpc) is 2.37. The molecule has 0 spiro atoms. The van der Waals surface area contributed by atoms with Gasteiger partial charge in [0.2, 0.25) is 0 Å². The van der Waals surface area contributed by atoms with Crippen molar-refractivity contribution in [1.29, 1.82) is 0 Å². The number of methoxy groups -OCH3 is 1. The minimum atomic E-state index is -0.254. The summed E-state index contributed by atoms with van der Waals surface area (Å²) in [4.78, 5) is 0. The number of rotatable bonds is 4. The van der Waals surface area contributed by atoms with E-state index in [9.17, 15) is 5.11 Å². The molecule has 0 saturated heterocycles. The van der Waals surface area contributed by atoms with Gasteiger partial charge in [-0.05, 0) is 42.7 Å². The first-order chi connectivity index (χ1) is 9.40. The second-order valence-corrected chi connectivity index (χ2v) is 7.12. The van der Waals surface area contributed by atoms with Crippen LogP contribution in [-0.4, -0.2) is 24.4 Å². The number of para-hydroxylation sites is 2. The van der Waals surface area contributed by atoms with Crippen LogP contribution in [0.15, 0.2) is 24.3 Å². The van der Waals surface area contributed by atoms with Crippen LogP contribution in [0.1, 0.15) is 40.0 Å². The average molecular weight is 277 g/mol. The fourth-order valence-electron chi connectivity index (χ4n) is 4.03. The lowest BCUT2D eigenvalue weighted by atomic mass is 9.64. The van der Waals surface area contributed by atoms with E-state index >= 15 is 0 Å². The molecule has 0 amide bonds. The molecule has 1 aromatic carbocycles. The first-order valence-corrected chi connectivity index (χ1v) is 7.42. The molecule has 0 bridgehead atoms. The van der Waals surface area contributed by atoms with Gasteiger partial charge in [-0.15, -0.1) is 0 Å². The van der Waals surface area contributed by atoms with Gasteiger partial charge in [-0.25, -0.2) is 0 Å². The smallest absolute Gasteiger partial charge is 0.141 e. The molecule has 0 heterocycles. The predicted molar refractivity (Wildman–Crippen MR) is 83.2 cm³/mol. The monoisotopic (exact) mass is 277 g/mol. The fourth-order valence-corrected chi connectivity index (χ4v) is 4.03. The van der Waals surface area contributed by atoms with Crippen LogP contribution < -0.4 is 10.1 Å². The van der Waals surface area contributed by atoms with Crippen LogP contribution in [0, 0.1) is 11.3 Å². The van der Waals surface area contributed by atoms with Crippen molar-refractivity contribution in [3.8, 4) is 5.75 Å². The highest BCUT2D eigenvalue weighted by Crippen LogP contribution is 2.45. The van der Waals surface area contributed by atoms with E-state index in [1.807, 2.05) is 24.3 Å². The molecule has 2 rings (SSSR count). The highest BCUT2D eigenvalue weighted by Gasteiger charge is 2.42. The minimum absolute atomic E-state index is 0.152. The topological polar surface area (TPSA) is 41.5 Å². The number of nitrogens with one attached hydrogen (secondary N) is 1. The van der Waals surface area contributed by atoms with Crippen molar-refractivity contribution < 1.29 is 9.84 Å². The Bertz CT molecular complexity index is 458. The van der Waals surface area contributed by atoms with Crippen molar-refractivity contribution in [3.63, 3.8) is 0 Å². The lowest BCUT2D eigenvalue weighted by Gasteiger charge is -2.47. The molecular formula is C17H27NO2. The van der Waals surface area contributed by atoms with Gasteiger partial charge in [0.1, 0.15) is 5.75 Å². The third-order valence-electron chi connectivity index (χ3n) is 4.27. The minimum Gasteiger partial charge on any atom is -0.495 e. The van der Waals surface area contributed by atoms with Crippen LogP contribution in [0.5, 0.6) is 5.75 Å². The molecule has 0 aromatic heterocycles. The maximum atomic E-state index is 10.0. The zero-order chi connectivity index (χ0) is 14.8. The number of aliphatic hydroxyl groups is 1. The Labute approximate surface area is 122 Å². The molecule has 1 fully saturated rings. The molecule has 1 aliphatic carbocycles. The van der Waals surface area contributed by atoms with Crippen LogP contribution in [0.25, 0.3) is 0 Å². The molecule has 0 radical (unpaired) electrons. The number of hydrogen-bond donors (Lipinski definition) is 2. The molecule has 112 valence electrons. The summed E-state index contributed by atoms with van der Waals surface area (Å²) in [5, 5.41) is 13.6. The fraction of sp³-hybridized carbons (Fsp3) is 0.647. The van der Waals surface area contributed by atoms with E-state index in [1.165, 1.54) is 6.42 Å². The van der Waals surface area contributed by atoms with Crippen molar-refractivity contribution in [2.75, 3.05) is 19.0 Å². The van der Waals surface area contributed by atoms with E-state index in [-0.39, 0.29) is 17.6 Å². The maximum absolute atomic E-state index is 10.0. The van der Waals surface area contributed by atoms with E-state index in [4.69, 9.17) is 4.74 Å². The summed E-state index contributed by atoms with van der Waals surface area (Å²) >= 11 is 0. The standard InChI is InChI=1S/C17H27NO2/c1-13-9-16(2,3)11-17(10-13,12-19)18-14-7-5-6-8-15(14)20-4/h5-8,13,18-19H,9-12H2,1-4H3. The number of benzene rings is 1. The van der Waals surface area contributed by atoms with Crippen molar-refractivity contribution >= 4 is 5.69 Å². The van der Waals surface area contributed by atoms with Gasteiger partial charge in [-0.2, -0.15) is 0 Å². The molecule has 1 saturated carbocycles. The van der Waals surface area contributed by atoms with Crippen molar-refractivity contribution in [1.82, 2.24) is 0 Å². The van der Waals surface area contributed by atoms with E-state index < -0.39 is 0 Å². The summed E-state index contributed by atoms with van der Waals surface area (Å²) in [6, 6.07) is 7.92. The van der Waals surface area contributed by atoms with E-state index in [1.54, 1.807) is 7.11 Å². The SMILES string of the molecule is COc1ccccc1NC1(CO)CC(C)CC(C)(C)C1. The second-order valence-electron chi connectivity index (χ2n) is 7.12. The lowest BCUT2D eigenvalue weighted by Crippen LogP contribution is -2.50.